The van der Waals surface area contributed by atoms with Crippen LogP contribution in [-0.4, -0.2) is 19.1 Å². The molecule has 1 saturated heterocycles. The number of ether oxygens (including phenoxy) is 1. The van der Waals surface area contributed by atoms with E-state index in [0.717, 1.165) is 5.56 Å². The molecule has 1 fully saturated rings. The third-order valence-electron chi connectivity index (χ3n) is 2.76. The number of anilines is 1. The molecule has 1 aliphatic rings. The number of amides is 1. The first kappa shape index (κ1) is 11.1. The molecule has 1 amide bonds. The molecule has 16 heavy (non-hydrogen) atoms. The molecule has 1 aromatic rings. The Labute approximate surface area is 93.6 Å². The zero-order valence-electron chi connectivity index (χ0n) is 9.34. The third kappa shape index (κ3) is 1.93. The molecule has 3 nitrogen and oxygen atoms in total. The van der Waals surface area contributed by atoms with Crippen LogP contribution in [0.15, 0.2) is 18.2 Å². The van der Waals surface area contributed by atoms with Gasteiger partial charge in [-0.15, -0.1) is 0 Å². The average Bonchev–Trinajstić information content (AvgIpc) is 2.18. The largest absolute Gasteiger partial charge is 0.379 e. The summed E-state index contributed by atoms with van der Waals surface area (Å²) in [6, 6.07) is 4.74. The monoisotopic (exact) mass is 223 g/mol. The van der Waals surface area contributed by atoms with E-state index in [1.165, 1.54) is 6.07 Å². The van der Waals surface area contributed by atoms with Gasteiger partial charge < -0.3 is 10.1 Å². The maximum absolute atomic E-state index is 13.5. The molecule has 86 valence electrons. The van der Waals surface area contributed by atoms with Crippen molar-refractivity contribution < 1.29 is 13.9 Å². The van der Waals surface area contributed by atoms with Crippen molar-refractivity contribution in [3.8, 4) is 0 Å². The predicted molar refractivity (Wildman–Crippen MR) is 58.7 cm³/mol. The first-order chi connectivity index (χ1) is 7.51. The van der Waals surface area contributed by atoms with E-state index in [4.69, 9.17) is 4.74 Å². The highest BCUT2D eigenvalue weighted by atomic mass is 19.1. The molecule has 0 aliphatic carbocycles. The molecule has 2 rings (SSSR count). The van der Waals surface area contributed by atoms with Crippen LogP contribution in [0.5, 0.6) is 0 Å². The summed E-state index contributed by atoms with van der Waals surface area (Å²) < 4.78 is 18.5. The molecule has 1 aliphatic heterocycles. The van der Waals surface area contributed by atoms with Crippen molar-refractivity contribution in [2.24, 2.45) is 5.41 Å². The van der Waals surface area contributed by atoms with Gasteiger partial charge in [-0.1, -0.05) is 6.07 Å². The summed E-state index contributed by atoms with van der Waals surface area (Å²) in [4.78, 5) is 11.8. The molecule has 0 aromatic heterocycles. The average molecular weight is 223 g/mol. The lowest BCUT2D eigenvalue weighted by molar-refractivity contribution is -0.151. The van der Waals surface area contributed by atoms with Crippen LogP contribution in [-0.2, 0) is 9.53 Å². The summed E-state index contributed by atoms with van der Waals surface area (Å²) >= 11 is 0. The molecule has 1 heterocycles. The van der Waals surface area contributed by atoms with Crippen LogP contribution in [0.4, 0.5) is 10.1 Å². The Morgan fingerprint density at radius 2 is 2.19 bits per heavy atom. The van der Waals surface area contributed by atoms with Crippen molar-refractivity contribution >= 4 is 11.6 Å². The minimum atomic E-state index is -0.517. The van der Waals surface area contributed by atoms with Crippen LogP contribution in [0.3, 0.4) is 0 Å². The first-order valence-electron chi connectivity index (χ1n) is 5.17. The number of carbonyl (C=O) groups is 1. The van der Waals surface area contributed by atoms with Gasteiger partial charge in [0.1, 0.15) is 5.82 Å². The Bertz CT molecular complexity index is 427. The normalized spacial score (nSPS) is 17.7. The topological polar surface area (TPSA) is 38.3 Å². The minimum Gasteiger partial charge on any atom is -0.379 e. The molecule has 1 aromatic carbocycles. The number of benzene rings is 1. The van der Waals surface area contributed by atoms with E-state index in [2.05, 4.69) is 5.32 Å². The maximum atomic E-state index is 13.5. The molecule has 0 unspecified atom stereocenters. The second-order valence-corrected chi connectivity index (χ2v) is 4.49. The lowest BCUT2D eigenvalue weighted by Crippen LogP contribution is -2.49. The highest BCUT2D eigenvalue weighted by Crippen LogP contribution is 2.28. The number of nitrogens with one attached hydrogen (secondary N) is 1. The highest BCUT2D eigenvalue weighted by Gasteiger charge is 2.41. The molecular formula is C12H14FNO2. The van der Waals surface area contributed by atoms with Crippen molar-refractivity contribution in [2.45, 2.75) is 13.8 Å². The molecule has 0 bridgehead atoms. The van der Waals surface area contributed by atoms with E-state index in [1.54, 1.807) is 26.0 Å². The summed E-state index contributed by atoms with van der Waals surface area (Å²) in [6.45, 7) is 4.40. The van der Waals surface area contributed by atoms with Crippen molar-refractivity contribution in [1.82, 2.24) is 0 Å². The molecular weight excluding hydrogens is 209 g/mol. The van der Waals surface area contributed by atoms with Crippen molar-refractivity contribution in [2.75, 3.05) is 18.5 Å². The summed E-state index contributed by atoms with van der Waals surface area (Å²) in [5, 5.41) is 2.59. The number of hydrogen-bond acceptors (Lipinski definition) is 2. The van der Waals surface area contributed by atoms with Crippen molar-refractivity contribution in [3.63, 3.8) is 0 Å². The Balaban J connectivity index is 2.12. The quantitative estimate of drug-likeness (QED) is 0.833. The van der Waals surface area contributed by atoms with Crippen molar-refractivity contribution in [1.29, 1.82) is 0 Å². The Hall–Kier alpha value is -1.42. The zero-order valence-corrected chi connectivity index (χ0v) is 9.34. The van der Waals surface area contributed by atoms with Crippen LogP contribution in [0, 0.1) is 18.2 Å². The van der Waals surface area contributed by atoms with Gasteiger partial charge in [-0.3, -0.25) is 4.79 Å². The van der Waals surface area contributed by atoms with Crippen LogP contribution in [0.25, 0.3) is 0 Å². The lowest BCUT2D eigenvalue weighted by atomic mass is 9.87. The number of rotatable bonds is 2. The van der Waals surface area contributed by atoms with Gasteiger partial charge in [0, 0.05) is 0 Å². The number of aryl methyl sites for hydroxylation is 1. The van der Waals surface area contributed by atoms with Gasteiger partial charge >= 0.3 is 0 Å². The van der Waals surface area contributed by atoms with E-state index in [0.29, 0.717) is 13.2 Å². The zero-order chi connectivity index (χ0) is 11.8. The Morgan fingerprint density at radius 1 is 1.50 bits per heavy atom. The minimum absolute atomic E-state index is 0.193. The van der Waals surface area contributed by atoms with Gasteiger partial charge in [-0.2, -0.15) is 0 Å². The number of hydrogen-bond donors (Lipinski definition) is 1. The fraction of sp³-hybridized carbons (Fsp3) is 0.417. The Kier molecular flexibility index (Phi) is 2.68. The molecule has 0 saturated carbocycles. The highest BCUT2D eigenvalue weighted by molar-refractivity contribution is 5.95. The first-order valence-corrected chi connectivity index (χ1v) is 5.17. The second-order valence-electron chi connectivity index (χ2n) is 4.49. The lowest BCUT2D eigenvalue weighted by Gasteiger charge is -2.36. The van der Waals surface area contributed by atoms with Crippen LogP contribution in [0.1, 0.15) is 12.5 Å². The van der Waals surface area contributed by atoms with Crippen molar-refractivity contribution in [3.05, 3.63) is 29.6 Å². The Morgan fingerprint density at radius 3 is 2.69 bits per heavy atom. The number of halogens is 1. The summed E-state index contributed by atoms with van der Waals surface area (Å²) in [7, 11) is 0. The fourth-order valence-electron chi connectivity index (χ4n) is 1.53. The van der Waals surface area contributed by atoms with Crippen LogP contribution >= 0.6 is 0 Å². The smallest absolute Gasteiger partial charge is 0.235 e. The van der Waals surface area contributed by atoms with E-state index in [9.17, 15) is 9.18 Å². The molecule has 0 atom stereocenters. The van der Waals surface area contributed by atoms with Gasteiger partial charge in [0.05, 0.1) is 24.3 Å². The van der Waals surface area contributed by atoms with Gasteiger partial charge in [-0.25, -0.2) is 4.39 Å². The van der Waals surface area contributed by atoms with E-state index >= 15 is 0 Å². The van der Waals surface area contributed by atoms with E-state index in [-0.39, 0.29) is 11.6 Å². The molecule has 0 spiro atoms. The fourth-order valence-corrected chi connectivity index (χ4v) is 1.53. The number of carbonyl (C=O) groups excluding carboxylic acids is 1. The summed E-state index contributed by atoms with van der Waals surface area (Å²) in [6.07, 6.45) is 0. The SMILES string of the molecule is Cc1ccc(NC(=O)C2(C)COC2)c(F)c1. The molecule has 1 N–H and O–H groups in total. The van der Waals surface area contributed by atoms with E-state index < -0.39 is 11.2 Å². The predicted octanol–water partition coefficient (Wildman–Crippen LogP) is 2.11. The standard InChI is InChI=1S/C12H14FNO2/c1-8-3-4-10(9(13)5-8)14-11(15)12(2)6-16-7-12/h3-5H,6-7H2,1-2H3,(H,14,15). The van der Waals surface area contributed by atoms with Gasteiger partial charge in [0.25, 0.3) is 0 Å². The molecule has 0 radical (unpaired) electrons. The van der Waals surface area contributed by atoms with Gasteiger partial charge in [0.15, 0.2) is 0 Å². The molecule has 4 heteroatoms. The van der Waals surface area contributed by atoms with Gasteiger partial charge in [-0.05, 0) is 31.5 Å². The summed E-state index contributed by atoms with van der Waals surface area (Å²) in [5.74, 6) is -0.598. The second kappa shape index (κ2) is 3.87. The third-order valence-corrected chi connectivity index (χ3v) is 2.76. The van der Waals surface area contributed by atoms with Crippen LogP contribution < -0.4 is 5.32 Å². The van der Waals surface area contributed by atoms with Crippen LogP contribution in [0.2, 0.25) is 0 Å². The summed E-state index contributed by atoms with van der Waals surface area (Å²) in [5.41, 5.74) is 0.537. The van der Waals surface area contributed by atoms with Gasteiger partial charge in [0.2, 0.25) is 5.91 Å². The maximum Gasteiger partial charge on any atom is 0.235 e. The van der Waals surface area contributed by atoms with E-state index in [1.807, 2.05) is 0 Å².